The van der Waals surface area contributed by atoms with Gasteiger partial charge in [0.2, 0.25) is 0 Å². The summed E-state index contributed by atoms with van der Waals surface area (Å²) in [6, 6.07) is 6.42. The van der Waals surface area contributed by atoms with Gasteiger partial charge in [0.25, 0.3) is 0 Å². The molecule has 1 unspecified atom stereocenters. The fraction of sp³-hybridized carbons (Fsp3) is 0.435. The van der Waals surface area contributed by atoms with Gasteiger partial charge in [0, 0.05) is 24.3 Å². The Balaban J connectivity index is 1.92. The van der Waals surface area contributed by atoms with Crippen LogP contribution in [0.25, 0.3) is 0 Å². The molecule has 0 aliphatic heterocycles. The van der Waals surface area contributed by atoms with E-state index in [-0.39, 0.29) is 30.4 Å². The lowest BCUT2D eigenvalue weighted by atomic mass is 9.89. The van der Waals surface area contributed by atoms with Crippen LogP contribution in [0.1, 0.15) is 37.7 Å². The second-order valence-electron chi connectivity index (χ2n) is 7.25. The number of hydrogen-bond donors (Lipinski definition) is 5. The quantitative estimate of drug-likeness (QED) is 0.259. The molecule has 0 bridgehead atoms. The molecule has 1 aliphatic rings. The number of aliphatic hydroxyl groups is 3. The molecule has 29 heavy (non-hydrogen) atoms. The largest absolute Gasteiger partial charge is 0.508 e. The van der Waals surface area contributed by atoms with Gasteiger partial charge >= 0.3 is 5.97 Å². The molecule has 0 amide bonds. The third-order valence-corrected chi connectivity index (χ3v) is 4.98. The third-order valence-electron chi connectivity index (χ3n) is 4.98. The maximum atomic E-state index is 10.5. The third kappa shape index (κ3) is 7.74. The Bertz CT molecular complexity index is 788. The van der Waals surface area contributed by atoms with E-state index in [1.54, 1.807) is 18.2 Å². The van der Waals surface area contributed by atoms with Crippen LogP contribution in [-0.4, -0.2) is 49.8 Å². The van der Waals surface area contributed by atoms with Gasteiger partial charge in [0.05, 0.1) is 12.2 Å². The Kier molecular flexibility index (Phi) is 8.94. The van der Waals surface area contributed by atoms with Gasteiger partial charge in [0.1, 0.15) is 11.9 Å². The minimum atomic E-state index is -1.03. The average Bonchev–Trinajstić information content (AvgIpc) is 2.93. The maximum Gasteiger partial charge on any atom is 0.303 e. The number of phenols is 1. The highest BCUT2D eigenvalue weighted by Gasteiger charge is 2.39. The molecule has 2 rings (SSSR count). The molecule has 0 radical (unpaired) electrons. The van der Waals surface area contributed by atoms with Crippen molar-refractivity contribution >= 4 is 5.97 Å². The number of aliphatic hydroxyl groups excluding tert-OH is 3. The minimum absolute atomic E-state index is 0.101. The van der Waals surface area contributed by atoms with Crippen molar-refractivity contribution in [2.24, 2.45) is 11.8 Å². The molecule has 1 aromatic rings. The number of benzene rings is 1. The number of rotatable bonds is 8. The van der Waals surface area contributed by atoms with Crippen LogP contribution < -0.4 is 0 Å². The van der Waals surface area contributed by atoms with Crippen molar-refractivity contribution < 1.29 is 30.3 Å². The SMILES string of the molecule is O=C(O)CCC/C=C\C[C@@H]1[C@@H](/C=C/C(O)C#Cc2cccc(O)c2)[C@H](O)C[C@@H]1O. The summed E-state index contributed by atoms with van der Waals surface area (Å²) in [5.74, 6) is 4.25. The number of aliphatic carboxylic acids is 1. The highest BCUT2D eigenvalue weighted by molar-refractivity contribution is 5.66. The van der Waals surface area contributed by atoms with Crippen molar-refractivity contribution in [1.82, 2.24) is 0 Å². The lowest BCUT2D eigenvalue weighted by Crippen LogP contribution is -2.20. The van der Waals surface area contributed by atoms with E-state index in [1.165, 1.54) is 18.2 Å². The minimum Gasteiger partial charge on any atom is -0.508 e. The van der Waals surface area contributed by atoms with Crippen LogP contribution in [0.2, 0.25) is 0 Å². The summed E-state index contributed by atoms with van der Waals surface area (Å²) in [7, 11) is 0. The number of unbranched alkanes of at least 4 members (excludes halogenated alkanes) is 1. The first kappa shape index (κ1) is 22.7. The van der Waals surface area contributed by atoms with Crippen LogP contribution in [0.4, 0.5) is 0 Å². The Labute approximate surface area is 170 Å². The Morgan fingerprint density at radius 3 is 2.76 bits per heavy atom. The van der Waals surface area contributed by atoms with Crippen LogP contribution in [-0.2, 0) is 4.79 Å². The second-order valence-corrected chi connectivity index (χ2v) is 7.25. The fourth-order valence-corrected chi connectivity index (χ4v) is 3.47. The number of carboxylic acids is 1. The van der Waals surface area contributed by atoms with Crippen molar-refractivity contribution in [1.29, 1.82) is 0 Å². The molecule has 1 fully saturated rings. The molecular formula is C23H28O6. The summed E-state index contributed by atoms with van der Waals surface area (Å²) in [6.45, 7) is 0. The Morgan fingerprint density at radius 2 is 2.03 bits per heavy atom. The first-order chi connectivity index (χ1) is 13.9. The molecule has 6 heteroatoms. The van der Waals surface area contributed by atoms with E-state index in [0.29, 0.717) is 24.8 Å². The van der Waals surface area contributed by atoms with Crippen molar-refractivity contribution in [3.63, 3.8) is 0 Å². The summed E-state index contributed by atoms with van der Waals surface area (Å²) in [5.41, 5.74) is 0.583. The van der Waals surface area contributed by atoms with Crippen LogP contribution in [0, 0.1) is 23.7 Å². The highest BCUT2D eigenvalue weighted by atomic mass is 16.4. The first-order valence-electron chi connectivity index (χ1n) is 9.76. The van der Waals surface area contributed by atoms with Gasteiger partial charge in [0.15, 0.2) is 0 Å². The fourth-order valence-electron chi connectivity index (χ4n) is 3.47. The van der Waals surface area contributed by atoms with Gasteiger partial charge in [-0.15, -0.1) is 0 Å². The van der Waals surface area contributed by atoms with Gasteiger partial charge < -0.3 is 25.5 Å². The predicted octanol–water partition coefficient (Wildman–Crippen LogP) is 2.22. The van der Waals surface area contributed by atoms with Gasteiger partial charge in [-0.2, -0.15) is 0 Å². The Hall–Kier alpha value is -2.59. The zero-order valence-electron chi connectivity index (χ0n) is 16.2. The number of carboxylic acid groups (broad SMARTS) is 1. The first-order valence-corrected chi connectivity index (χ1v) is 9.76. The molecule has 0 spiro atoms. The summed E-state index contributed by atoms with van der Waals surface area (Å²) >= 11 is 0. The standard InChI is InChI=1S/C23H28O6/c24-17(11-10-16-6-5-7-18(25)14-16)12-13-20-19(21(26)15-22(20)27)8-3-1-2-4-9-23(28)29/h1,3,5-7,12-14,17,19-22,24-27H,2,4,8-9,15H2,(H,28,29)/b3-1-,13-12+/t17?,19-,20-,21+,22-/m1/s1. The van der Waals surface area contributed by atoms with E-state index < -0.39 is 24.3 Å². The molecule has 5 atom stereocenters. The number of hydrogen-bond acceptors (Lipinski definition) is 5. The van der Waals surface area contributed by atoms with E-state index >= 15 is 0 Å². The average molecular weight is 400 g/mol. The summed E-state index contributed by atoms with van der Waals surface area (Å²) in [4.78, 5) is 10.5. The zero-order chi connectivity index (χ0) is 21.2. The number of phenolic OH excluding ortho intramolecular Hbond substituents is 1. The smallest absolute Gasteiger partial charge is 0.303 e. The molecule has 6 nitrogen and oxygen atoms in total. The van der Waals surface area contributed by atoms with E-state index in [4.69, 9.17) is 5.11 Å². The highest BCUT2D eigenvalue weighted by Crippen LogP contribution is 2.36. The van der Waals surface area contributed by atoms with E-state index in [2.05, 4.69) is 11.8 Å². The number of allylic oxidation sites excluding steroid dienone is 2. The molecule has 1 aromatic carbocycles. The monoisotopic (exact) mass is 400 g/mol. The van der Waals surface area contributed by atoms with Crippen molar-refractivity contribution in [2.75, 3.05) is 0 Å². The predicted molar refractivity (Wildman–Crippen MR) is 109 cm³/mol. The van der Waals surface area contributed by atoms with Gasteiger partial charge in [-0.25, -0.2) is 0 Å². The number of carbonyl (C=O) groups is 1. The molecule has 0 heterocycles. The lowest BCUT2D eigenvalue weighted by molar-refractivity contribution is -0.137. The summed E-state index contributed by atoms with van der Waals surface area (Å²) < 4.78 is 0. The Morgan fingerprint density at radius 1 is 1.24 bits per heavy atom. The van der Waals surface area contributed by atoms with E-state index in [1.807, 2.05) is 12.2 Å². The van der Waals surface area contributed by atoms with Crippen molar-refractivity contribution in [3.8, 4) is 17.6 Å². The zero-order valence-corrected chi connectivity index (χ0v) is 16.2. The maximum absolute atomic E-state index is 10.5. The van der Waals surface area contributed by atoms with Crippen molar-refractivity contribution in [2.45, 2.75) is 50.4 Å². The molecule has 1 saturated carbocycles. The normalized spacial score (nSPS) is 25.2. The molecule has 156 valence electrons. The summed E-state index contributed by atoms with van der Waals surface area (Å²) in [5, 5.41) is 48.6. The molecule has 1 aliphatic carbocycles. The van der Waals surface area contributed by atoms with Gasteiger partial charge in [-0.05, 0) is 49.5 Å². The van der Waals surface area contributed by atoms with E-state index in [9.17, 15) is 25.2 Å². The topological polar surface area (TPSA) is 118 Å². The second kappa shape index (κ2) is 11.4. The molecular weight excluding hydrogens is 372 g/mol. The van der Waals surface area contributed by atoms with Gasteiger partial charge in [-0.1, -0.05) is 36.1 Å². The van der Waals surface area contributed by atoms with Crippen LogP contribution in [0.3, 0.4) is 0 Å². The molecule has 0 saturated heterocycles. The van der Waals surface area contributed by atoms with Crippen LogP contribution in [0.15, 0.2) is 48.6 Å². The number of aromatic hydroxyl groups is 1. The van der Waals surface area contributed by atoms with Crippen molar-refractivity contribution in [3.05, 3.63) is 54.1 Å². The molecule has 0 aromatic heterocycles. The van der Waals surface area contributed by atoms with Gasteiger partial charge in [-0.3, -0.25) is 4.79 Å². The lowest BCUT2D eigenvalue weighted by Gasteiger charge is -2.19. The molecule has 5 N–H and O–H groups in total. The van der Waals surface area contributed by atoms with Crippen LogP contribution >= 0.6 is 0 Å². The van der Waals surface area contributed by atoms with E-state index in [0.717, 1.165) is 0 Å². The summed E-state index contributed by atoms with van der Waals surface area (Å²) in [6.07, 6.45) is 6.83. The van der Waals surface area contributed by atoms with Crippen LogP contribution in [0.5, 0.6) is 5.75 Å².